The molecule has 0 unspecified atom stereocenters. The Kier molecular flexibility index (Phi) is 81.9. The normalized spacial score (nSPS) is 9.00. The van der Waals surface area contributed by atoms with Crippen molar-refractivity contribution in [3.63, 3.8) is 0 Å². The molecule has 0 saturated carbocycles. The summed E-state index contributed by atoms with van der Waals surface area (Å²) in [7, 11) is 0. The maximum Gasteiger partial charge on any atom is -0.0443 e. The van der Waals surface area contributed by atoms with Gasteiger partial charge in [-0.05, 0) is 5.92 Å². The molecule has 0 rings (SSSR count). The summed E-state index contributed by atoms with van der Waals surface area (Å²) in [4.78, 5) is 0. The average molecular weight is 461 g/mol. The molecule has 0 saturated heterocycles. The lowest BCUT2D eigenvalue weighted by molar-refractivity contribution is 0.436. The van der Waals surface area contributed by atoms with Gasteiger partial charge in [0, 0.05) is 0 Å². The SMILES string of the molecule is C.CC.CC.CC.CCCCCCC(C)CCCCCC.CCCCCCCCCCC. The summed E-state index contributed by atoms with van der Waals surface area (Å²) < 4.78 is 0. The molecule has 0 heteroatoms. The van der Waals surface area contributed by atoms with E-state index in [1.54, 1.807) is 0 Å². The minimum atomic E-state index is 0. The summed E-state index contributed by atoms with van der Waals surface area (Å²) in [6.45, 7) is 23.6. The summed E-state index contributed by atoms with van der Waals surface area (Å²) in [6, 6.07) is 0. The van der Waals surface area contributed by atoms with Crippen LogP contribution in [-0.2, 0) is 0 Å². The lowest BCUT2D eigenvalue weighted by Crippen LogP contribution is -1.94. The molecule has 0 radical (unpaired) electrons. The second kappa shape index (κ2) is 57.6. The Labute approximate surface area is 211 Å². The number of hydrogen-bond acceptors (Lipinski definition) is 0. The summed E-state index contributed by atoms with van der Waals surface area (Å²) in [6.07, 6.45) is 27.3. The van der Waals surface area contributed by atoms with Crippen molar-refractivity contribution in [3.8, 4) is 0 Å². The molecule has 0 aliphatic heterocycles. The van der Waals surface area contributed by atoms with Gasteiger partial charge in [-0.2, -0.15) is 0 Å². The first-order valence-electron chi connectivity index (χ1n) is 15.2. The predicted molar refractivity (Wildman–Crippen MR) is 160 cm³/mol. The van der Waals surface area contributed by atoms with E-state index in [9.17, 15) is 0 Å². The van der Waals surface area contributed by atoms with Crippen molar-refractivity contribution in [1.82, 2.24) is 0 Å². The van der Waals surface area contributed by atoms with Crippen LogP contribution in [-0.4, -0.2) is 0 Å². The smallest absolute Gasteiger partial charge is 0.0443 e. The summed E-state index contributed by atoms with van der Waals surface area (Å²) in [5, 5.41) is 0. The molecule has 0 amide bonds. The maximum absolute atomic E-state index is 2.43. The van der Waals surface area contributed by atoms with Gasteiger partial charge in [0.25, 0.3) is 0 Å². The molecule has 0 atom stereocenters. The third-order valence-corrected chi connectivity index (χ3v) is 5.31. The highest BCUT2D eigenvalue weighted by molar-refractivity contribution is 4.54. The van der Waals surface area contributed by atoms with E-state index >= 15 is 0 Å². The Bertz CT molecular complexity index is 176. The molecule has 0 spiro atoms. The van der Waals surface area contributed by atoms with Crippen molar-refractivity contribution in [1.29, 1.82) is 0 Å². The zero-order valence-electron chi connectivity index (χ0n) is 25.0. The lowest BCUT2D eigenvalue weighted by Gasteiger charge is -2.10. The Morgan fingerprint density at radius 2 is 0.531 bits per heavy atom. The zero-order chi connectivity index (χ0) is 25.0. The van der Waals surface area contributed by atoms with Gasteiger partial charge >= 0.3 is 0 Å². The fraction of sp³-hybridized carbons (Fsp3) is 1.00. The topological polar surface area (TPSA) is 0 Å². The van der Waals surface area contributed by atoms with Crippen molar-refractivity contribution in [2.24, 2.45) is 5.92 Å². The summed E-state index contributed by atoms with van der Waals surface area (Å²) in [5.41, 5.74) is 0. The highest BCUT2D eigenvalue weighted by Gasteiger charge is 2.01. The van der Waals surface area contributed by atoms with Crippen LogP contribution in [0.25, 0.3) is 0 Å². The molecule has 0 heterocycles. The van der Waals surface area contributed by atoms with E-state index in [1.165, 1.54) is 122 Å². The van der Waals surface area contributed by atoms with Gasteiger partial charge in [-0.3, -0.25) is 0 Å². The predicted octanol–water partition coefficient (Wildman–Crippen LogP) is 13.8. The van der Waals surface area contributed by atoms with Crippen LogP contribution in [0.3, 0.4) is 0 Å². The molecule has 0 N–H and O–H groups in total. The number of rotatable bonds is 18. The van der Waals surface area contributed by atoms with E-state index in [4.69, 9.17) is 0 Å². The molecule has 0 aromatic heterocycles. The molecule has 0 aromatic rings. The van der Waals surface area contributed by atoms with Gasteiger partial charge in [-0.15, -0.1) is 0 Å². The first kappa shape index (κ1) is 45.5. The quantitative estimate of drug-likeness (QED) is 0.178. The van der Waals surface area contributed by atoms with Crippen LogP contribution in [0.5, 0.6) is 0 Å². The van der Waals surface area contributed by atoms with E-state index in [0.717, 1.165) is 5.92 Å². The molecule has 0 aliphatic carbocycles. The monoisotopic (exact) mass is 461 g/mol. The minimum absolute atomic E-state index is 0. The van der Waals surface area contributed by atoms with Gasteiger partial charge in [-0.1, -0.05) is 206 Å². The third-order valence-electron chi connectivity index (χ3n) is 5.31. The molecule has 0 nitrogen and oxygen atoms in total. The molecule has 0 aromatic carbocycles. The molecule has 204 valence electrons. The Morgan fingerprint density at radius 1 is 0.344 bits per heavy atom. The second-order valence-electron chi connectivity index (χ2n) is 8.28. The zero-order valence-corrected chi connectivity index (χ0v) is 25.0. The van der Waals surface area contributed by atoms with Crippen LogP contribution < -0.4 is 0 Å². The number of hydrogen-bond donors (Lipinski definition) is 0. The molecule has 0 bridgehead atoms. The number of unbranched alkanes of at least 4 members (excludes halogenated alkanes) is 14. The lowest BCUT2D eigenvalue weighted by atomic mass is 9.96. The Morgan fingerprint density at radius 3 is 0.750 bits per heavy atom. The molecule has 32 heavy (non-hydrogen) atoms. The Hall–Kier alpha value is 0. The highest BCUT2D eigenvalue weighted by Crippen LogP contribution is 2.17. The first-order chi connectivity index (χ1) is 15.2. The van der Waals surface area contributed by atoms with Gasteiger partial charge in [0.1, 0.15) is 0 Å². The maximum atomic E-state index is 2.43. The van der Waals surface area contributed by atoms with Crippen LogP contribution in [0.2, 0.25) is 0 Å². The van der Waals surface area contributed by atoms with Crippen LogP contribution in [0.15, 0.2) is 0 Å². The van der Waals surface area contributed by atoms with Gasteiger partial charge in [0.15, 0.2) is 0 Å². The van der Waals surface area contributed by atoms with Crippen molar-refractivity contribution in [2.45, 2.75) is 206 Å². The van der Waals surface area contributed by atoms with Gasteiger partial charge in [0.05, 0.1) is 0 Å². The minimum Gasteiger partial charge on any atom is -0.0776 e. The van der Waals surface area contributed by atoms with Gasteiger partial charge in [-0.25, -0.2) is 0 Å². The van der Waals surface area contributed by atoms with Crippen molar-refractivity contribution in [3.05, 3.63) is 0 Å². The fourth-order valence-electron chi connectivity index (χ4n) is 3.37. The summed E-state index contributed by atoms with van der Waals surface area (Å²) >= 11 is 0. The van der Waals surface area contributed by atoms with E-state index in [0.29, 0.717) is 0 Å². The molecular weight excluding hydrogens is 384 g/mol. The standard InChI is InChI=1S/C14H30.C11H24.3C2H6.CH4/c1-4-6-8-10-12-14(3)13-11-9-7-5-2;1-3-5-7-9-11-10-8-6-4-2;3*1-2;/h14H,4-13H2,1-3H3;3-11H2,1-2H3;3*1-2H3;1H4. The largest absolute Gasteiger partial charge is 0.0776 e. The van der Waals surface area contributed by atoms with E-state index in [1.807, 2.05) is 41.5 Å². The molecular formula is C32H76. The first-order valence-corrected chi connectivity index (χ1v) is 15.2. The van der Waals surface area contributed by atoms with Crippen LogP contribution >= 0.6 is 0 Å². The fourth-order valence-corrected chi connectivity index (χ4v) is 3.37. The van der Waals surface area contributed by atoms with Crippen molar-refractivity contribution < 1.29 is 0 Å². The van der Waals surface area contributed by atoms with Gasteiger partial charge in [0.2, 0.25) is 0 Å². The third kappa shape index (κ3) is 63.1. The molecule has 0 aliphatic rings. The van der Waals surface area contributed by atoms with E-state index < -0.39 is 0 Å². The Balaban J connectivity index is -0.0000000844. The van der Waals surface area contributed by atoms with Crippen LogP contribution in [0.4, 0.5) is 0 Å². The van der Waals surface area contributed by atoms with E-state index in [-0.39, 0.29) is 7.43 Å². The van der Waals surface area contributed by atoms with Gasteiger partial charge < -0.3 is 0 Å². The molecule has 0 fully saturated rings. The summed E-state index contributed by atoms with van der Waals surface area (Å²) in [5.74, 6) is 0.976. The van der Waals surface area contributed by atoms with E-state index in [2.05, 4.69) is 34.6 Å². The van der Waals surface area contributed by atoms with Crippen LogP contribution in [0.1, 0.15) is 206 Å². The second-order valence-corrected chi connectivity index (χ2v) is 8.28. The van der Waals surface area contributed by atoms with Crippen molar-refractivity contribution in [2.75, 3.05) is 0 Å². The van der Waals surface area contributed by atoms with Crippen molar-refractivity contribution >= 4 is 0 Å². The van der Waals surface area contributed by atoms with Crippen LogP contribution in [0, 0.1) is 5.92 Å². The average Bonchev–Trinajstić information content (AvgIpc) is 2.83. The highest BCUT2D eigenvalue weighted by atomic mass is 14.1.